The molecule has 1 aliphatic rings. The van der Waals surface area contributed by atoms with Gasteiger partial charge in [0, 0.05) is 65.8 Å². The fraction of sp³-hybridized carbons (Fsp3) is 0.538. The third-order valence-corrected chi connectivity index (χ3v) is 12.6. The monoisotopic (exact) mass is 714 g/mol. The molecule has 6 bridgehead atoms. The molecule has 0 aromatic heterocycles. The molecular weight excluding hydrogens is 661 g/mol. The lowest BCUT2D eigenvalue weighted by atomic mass is 9.85. The molecule has 0 amide bonds. The van der Waals surface area contributed by atoms with Crippen LogP contribution in [-0.2, 0) is 83.2 Å². The second-order valence-corrected chi connectivity index (χ2v) is 20.3. The Balaban J connectivity index is 2.01. The second kappa shape index (κ2) is 14.8. The van der Waals surface area contributed by atoms with Crippen molar-refractivity contribution >= 4 is 32.4 Å². The van der Waals surface area contributed by atoms with Crippen molar-refractivity contribution in [1.82, 2.24) is 0 Å². The zero-order valence-electron chi connectivity index (χ0n) is 30.9. The van der Waals surface area contributed by atoms with Crippen LogP contribution in [-0.4, -0.2) is 34.0 Å². The van der Waals surface area contributed by atoms with Crippen LogP contribution in [0.15, 0.2) is 36.4 Å². The molecule has 0 atom stereocenters. The third kappa shape index (κ3) is 8.99. The predicted molar refractivity (Wildman–Crippen MR) is 202 cm³/mol. The molecule has 0 saturated heterocycles. The standard InChI is InChI=1S/C39H54O6S3/c1-37(2,3)31-13-25-19-46(40)21-27-15-32(38(4,5)6)17-29(35(27)44-11)23-48(42)24-30-18-33(39(7,8)9)16-28(36(30)45-12)22-47(41)20-26(14-31)34(25)43-10/h13-18H,19-24H2,1-12H3. The molecule has 0 saturated carbocycles. The van der Waals surface area contributed by atoms with Gasteiger partial charge in [-0.3, -0.25) is 12.6 Å². The van der Waals surface area contributed by atoms with Crippen LogP contribution in [0.25, 0.3) is 0 Å². The smallest absolute Gasteiger partial charge is 0.127 e. The SMILES string of the molecule is COc1c2cc(C(C)(C)C)cc1CS(=O)Cc1cc(C(C)(C)C)cc(c1OC)CS(=O)Cc1cc(C(C)(C)C)cc(c1OC)CS(=O)C2. The Morgan fingerprint density at radius 2 is 0.562 bits per heavy atom. The van der Waals surface area contributed by atoms with Crippen molar-refractivity contribution in [3.8, 4) is 17.2 Å². The van der Waals surface area contributed by atoms with Gasteiger partial charge < -0.3 is 14.2 Å². The van der Waals surface area contributed by atoms with E-state index >= 15 is 0 Å². The summed E-state index contributed by atoms with van der Waals surface area (Å²) >= 11 is 0. The Morgan fingerprint density at radius 1 is 0.396 bits per heavy atom. The summed E-state index contributed by atoms with van der Waals surface area (Å²) in [7, 11) is 0.899. The van der Waals surface area contributed by atoms with Gasteiger partial charge in [0.15, 0.2) is 0 Å². The fourth-order valence-electron chi connectivity index (χ4n) is 6.19. The van der Waals surface area contributed by atoms with Crippen LogP contribution < -0.4 is 14.2 Å². The maximum absolute atomic E-state index is 14.0. The number of hydrogen-bond acceptors (Lipinski definition) is 6. The van der Waals surface area contributed by atoms with Crippen molar-refractivity contribution in [1.29, 1.82) is 0 Å². The average Bonchev–Trinajstić information content (AvgIpc) is 2.94. The van der Waals surface area contributed by atoms with E-state index in [0.717, 1.165) is 50.1 Å². The summed E-state index contributed by atoms with van der Waals surface area (Å²) in [4.78, 5) is 0. The number of fused-ring (bicyclic) bond motifs is 6. The van der Waals surface area contributed by atoms with Gasteiger partial charge in [0.2, 0.25) is 0 Å². The fourth-order valence-corrected chi connectivity index (χ4v) is 9.86. The van der Waals surface area contributed by atoms with Gasteiger partial charge in [0.25, 0.3) is 0 Å². The number of ether oxygens (including phenoxy) is 3. The van der Waals surface area contributed by atoms with Crippen molar-refractivity contribution in [3.63, 3.8) is 0 Å². The lowest BCUT2D eigenvalue weighted by Crippen LogP contribution is -2.17. The van der Waals surface area contributed by atoms with Gasteiger partial charge in [0.05, 0.1) is 55.8 Å². The topological polar surface area (TPSA) is 78.9 Å². The molecular formula is C39H54O6S3. The Kier molecular flexibility index (Phi) is 11.8. The van der Waals surface area contributed by atoms with E-state index in [1.54, 1.807) is 21.3 Å². The lowest BCUT2D eigenvalue weighted by molar-refractivity contribution is 0.405. The maximum Gasteiger partial charge on any atom is 0.127 e. The summed E-state index contributed by atoms with van der Waals surface area (Å²) in [5.74, 6) is 3.49. The van der Waals surface area contributed by atoms with Crippen molar-refractivity contribution < 1.29 is 26.8 Å². The van der Waals surface area contributed by atoms with E-state index in [-0.39, 0.29) is 50.8 Å². The molecule has 3 aromatic rings. The van der Waals surface area contributed by atoms with Gasteiger partial charge in [-0.25, -0.2) is 0 Å². The molecule has 0 aliphatic carbocycles. The minimum Gasteiger partial charge on any atom is -0.496 e. The van der Waals surface area contributed by atoms with Crippen LogP contribution in [0.4, 0.5) is 0 Å². The highest BCUT2D eigenvalue weighted by Crippen LogP contribution is 2.39. The molecule has 48 heavy (non-hydrogen) atoms. The molecule has 264 valence electrons. The first kappa shape index (κ1) is 38.3. The van der Waals surface area contributed by atoms with Gasteiger partial charge >= 0.3 is 0 Å². The summed E-state index contributed by atoms with van der Waals surface area (Å²) < 4.78 is 60.1. The molecule has 4 rings (SSSR count). The first-order chi connectivity index (χ1) is 22.2. The Labute approximate surface area is 296 Å². The van der Waals surface area contributed by atoms with E-state index in [2.05, 4.69) is 98.7 Å². The minimum atomic E-state index is -1.33. The van der Waals surface area contributed by atoms with E-state index in [1.165, 1.54) is 0 Å². The molecule has 0 unspecified atom stereocenters. The van der Waals surface area contributed by atoms with E-state index in [1.807, 2.05) is 0 Å². The number of benzene rings is 3. The highest BCUT2D eigenvalue weighted by Gasteiger charge is 2.27. The first-order valence-electron chi connectivity index (χ1n) is 16.4. The van der Waals surface area contributed by atoms with E-state index in [9.17, 15) is 12.6 Å². The van der Waals surface area contributed by atoms with Gasteiger partial charge in [-0.1, -0.05) is 98.7 Å². The van der Waals surface area contributed by atoms with Crippen molar-refractivity contribution in [2.75, 3.05) is 21.3 Å². The summed E-state index contributed by atoms with van der Waals surface area (Å²) in [6.07, 6.45) is 0. The van der Waals surface area contributed by atoms with Gasteiger partial charge in [-0.15, -0.1) is 0 Å². The van der Waals surface area contributed by atoms with E-state index in [4.69, 9.17) is 14.2 Å². The van der Waals surface area contributed by atoms with Crippen LogP contribution in [0.3, 0.4) is 0 Å². The van der Waals surface area contributed by atoms with Crippen molar-refractivity contribution in [3.05, 3.63) is 86.5 Å². The normalized spacial score (nSPS) is 19.6. The minimum absolute atomic E-state index is 0.191. The van der Waals surface area contributed by atoms with Crippen molar-refractivity contribution in [2.24, 2.45) is 0 Å². The van der Waals surface area contributed by atoms with Crippen molar-refractivity contribution in [2.45, 2.75) is 113 Å². The van der Waals surface area contributed by atoms with E-state index < -0.39 is 32.4 Å². The Hall–Kier alpha value is -2.49. The van der Waals surface area contributed by atoms with Crippen LogP contribution in [0.2, 0.25) is 0 Å². The van der Waals surface area contributed by atoms with E-state index in [0.29, 0.717) is 17.2 Å². The summed E-state index contributed by atoms with van der Waals surface area (Å²) in [5.41, 5.74) is 7.64. The second-order valence-electron chi connectivity index (χ2n) is 15.9. The zero-order chi connectivity index (χ0) is 35.8. The molecule has 1 aliphatic heterocycles. The molecule has 1 heterocycles. The van der Waals surface area contributed by atoms with Gasteiger partial charge in [-0.05, 0) is 32.9 Å². The number of methoxy groups -OCH3 is 3. The maximum atomic E-state index is 14.0. The molecule has 3 aromatic carbocycles. The van der Waals surface area contributed by atoms with Gasteiger partial charge in [0.1, 0.15) is 17.2 Å². The number of hydrogen-bond donors (Lipinski definition) is 0. The average molecular weight is 715 g/mol. The zero-order valence-corrected chi connectivity index (χ0v) is 33.3. The highest BCUT2D eigenvalue weighted by molar-refractivity contribution is 7.84. The molecule has 6 nitrogen and oxygen atoms in total. The van der Waals surface area contributed by atoms with Crippen LogP contribution in [0.1, 0.15) is 112 Å². The molecule has 0 N–H and O–H groups in total. The molecule has 0 spiro atoms. The summed E-state index contributed by atoms with van der Waals surface area (Å²) in [6.45, 7) is 19.3. The lowest BCUT2D eigenvalue weighted by Gasteiger charge is -2.25. The Morgan fingerprint density at radius 3 is 0.688 bits per heavy atom. The van der Waals surface area contributed by atoms with Gasteiger partial charge in [-0.2, -0.15) is 0 Å². The summed E-state index contributed by atoms with van der Waals surface area (Å²) in [6, 6.07) is 12.5. The number of rotatable bonds is 3. The van der Waals surface area contributed by atoms with Crippen LogP contribution >= 0.6 is 0 Å². The highest BCUT2D eigenvalue weighted by atomic mass is 32.2. The largest absolute Gasteiger partial charge is 0.496 e. The predicted octanol–water partition coefficient (Wildman–Crippen LogP) is 8.27. The third-order valence-electron chi connectivity index (χ3n) is 8.84. The Bertz CT molecular complexity index is 1450. The van der Waals surface area contributed by atoms with Crippen LogP contribution in [0, 0.1) is 0 Å². The summed E-state index contributed by atoms with van der Waals surface area (Å²) in [5, 5.41) is 0. The molecule has 9 heteroatoms. The quantitative estimate of drug-likeness (QED) is 0.272. The first-order valence-corrected chi connectivity index (χ1v) is 20.9. The molecule has 0 fully saturated rings. The molecule has 0 radical (unpaired) electrons. The van der Waals surface area contributed by atoms with Crippen LogP contribution in [0.5, 0.6) is 17.2 Å².